The molecule has 130 valence electrons. The van der Waals surface area contributed by atoms with Gasteiger partial charge in [0.1, 0.15) is 6.04 Å². The van der Waals surface area contributed by atoms with Crippen LogP contribution < -0.4 is 5.73 Å². The predicted octanol–water partition coefficient (Wildman–Crippen LogP) is -2.22. The van der Waals surface area contributed by atoms with Crippen molar-refractivity contribution < 1.29 is 40.6 Å². The Hall–Kier alpha value is -1.28. The normalized spacial score (nSPS) is 14.0. The predicted molar refractivity (Wildman–Crippen MR) is 74.3 cm³/mol. The van der Waals surface area contributed by atoms with Crippen LogP contribution in [0.5, 0.6) is 0 Å². The van der Waals surface area contributed by atoms with Crippen LogP contribution >= 0.6 is 0 Å². The molecule has 1 amide bonds. The standard InChI is InChI=1S/C9H18N2O9S2/c10-8(12)2-1-7(9(13)14)11(3-5-21(15,16)17)4-6-22(18,19)20/h7H,1-6H2,(H2,10,12)(H,13,14)(H,15,16,17)(H,18,19,20)/t7-/m0/s1. The molecule has 0 rings (SSSR count). The van der Waals surface area contributed by atoms with Crippen LogP contribution in [0.15, 0.2) is 0 Å². The molecule has 0 unspecified atom stereocenters. The molecule has 0 radical (unpaired) electrons. The lowest BCUT2D eigenvalue weighted by molar-refractivity contribution is -0.143. The summed E-state index contributed by atoms with van der Waals surface area (Å²) in [5, 5.41) is 9.10. The first-order chi connectivity index (χ1) is 9.82. The Kier molecular flexibility index (Phi) is 7.89. The molecule has 0 aliphatic heterocycles. The first-order valence-corrected chi connectivity index (χ1v) is 9.19. The molecule has 5 N–H and O–H groups in total. The highest BCUT2D eigenvalue weighted by Gasteiger charge is 2.27. The number of rotatable bonds is 11. The molecule has 1 atom stereocenters. The Bertz CT molecular complexity index is 563. The summed E-state index contributed by atoms with van der Waals surface area (Å²) in [6.45, 7) is -0.992. The van der Waals surface area contributed by atoms with Crippen molar-refractivity contribution in [3.05, 3.63) is 0 Å². The Morgan fingerprint density at radius 3 is 1.68 bits per heavy atom. The van der Waals surface area contributed by atoms with Crippen LogP contribution in [0.25, 0.3) is 0 Å². The third kappa shape index (κ3) is 10.4. The summed E-state index contributed by atoms with van der Waals surface area (Å²) in [5.41, 5.74) is 4.91. The number of nitrogens with two attached hydrogens (primary N) is 1. The van der Waals surface area contributed by atoms with Gasteiger partial charge in [0.05, 0.1) is 11.5 Å². The van der Waals surface area contributed by atoms with Crippen LogP contribution in [0.1, 0.15) is 12.8 Å². The van der Waals surface area contributed by atoms with Crippen LogP contribution in [0.3, 0.4) is 0 Å². The van der Waals surface area contributed by atoms with E-state index in [1.165, 1.54) is 0 Å². The van der Waals surface area contributed by atoms with E-state index in [1.807, 2.05) is 0 Å². The zero-order valence-electron chi connectivity index (χ0n) is 11.5. The molecular formula is C9H18N2O9S2. The van der Waals surface area contributed by atoms with Crippen LogP contribution in [0.2, 0.25) is 0 Å². The molecule has 11 nitrogen and oxygen atoms in total. The van der Waals surface area contributed by atoms with E-state index in [0.29, 0.717) is 0 Å². The second-order valence-electron chi connectivity index (χ2n) is 4.47. The van der Waals surface area contributed by atoms with Gasteiger partial charge in [-0.05, 0) is 6.42 Å². The number of primary amides is 1. The number of carbonyl (C=O) groups is 2. The summed E-state index contributed by atoms with van der Waals surface area (Å²) in [4.78, 5) is 22.8. The molecule has 0 aliphatic rings. The summed E-state index contributed by atoms with van der Waals surface area (Å²) >= 11 is 0. The summed E-state index contributed by atoms with van der Waals surface area (Å²) in [7, 11) is -8.80. The topological polar surface area (TPSA) is 192 Å². The van der Waals surface area contributed by atoms with Crippen molar-refractivity contribution in [1.82, 2.24) is 4.90 Å². The van der Waals surface area contributed by atoms with Crippen molar-refractivity contribution in [2.45, 2.75) is 18.9 Å². The third-order valence-electron chi connectivity index (χ3n) is 2.66. The molecule has 0 aromatic rings. The van der Waals surface area contributed by atoms with Gasteiger partial charge in [0, 0.05) is 19.5 Å². The minimum absolute atomic E-state index is 0.276. The van der Waals surface area contributed by atoms with Crippen LogP contribution in [-0.2, 0) is 29.8 Å². The van der Waals surface area contributed by atoms with E-state index in [2.05, 4.69) is 0 Å². The van der Waals surface area contributed by atoms with E-state index in [1.54, 1.807) is 0 Å². The number of amides is 1. The average molecular weight is 362 g/mol. The molecule has 0 saturated carbocycles. The molecule has 0 heterocycles. The smallest absolute Gasteiger partial charge is 0.320 e. The van der Waals surface area contributed by atoms with Crippen molar-refractivity contribution in [3.8, 4) is 0 Å². The monoisotopic (exact) mass is 362 g/mol. The van der Waals surface area contributed by atoms with Crippen molar-refractivity contribution in [2.24, 2.45) is 5.73 Å². The van der Waals surface area contributed by atoms with Crippen molar-refractivity contribution >= 4 is 32.1 Å². The molecule has 0 aliphatic carbocycles. The maximum absolute atomic E-state index is 11.2. The van der Waals surface area contributed by atoms with Crippen molar-refractivity contribution in [3.63, 3.8) is 0 Å². The second-order valence-corrected chi connectivity index (χ2v) is 7.61. The summed E-state index contributed by atoms with van der Waals surface area (Å²) in [6, 6.07) is -1.39. The lowest BCUT2D eigenvalue weighted by atomic mass is 10.1. The molecule has 0 spiro atoms. The number of hydrogen-bond acceptors (Lipinski definition) is 7. The van der Waals surface area contributed by atoms with E-state index >= 15 is 0 Å². The fourth-order valence-electron chi connectivity index (χ4n) is 1.63. The Morgan fingerprint density at radius 1 is 1.00 bits per heavy atom. The van der Waals surface area contributed by atoms with E-state index in [-0.39, 0.29) is 12.8 Å². The molecule has 0 bridgehead atoms. The number of nitrogens with zero attached hydrogens (tertiary/aromatic N) is 1. The quantitative estimate of drug-likeness (QED) is 0.293. The van der Waals surface area contributed by atoms with Gasteiger partial charge in [0.2, 0.25) is 5.91 Å². The molecule has 13 heteroatoms. The molecule has 22 heavy (non-hydrogen) atoms. The van der Waals surface area contributed by atoms with Gasteiger partial charge in [0.15, 0.2) is 0 Å². The average Bonchev–Trinajstić information content (AvgIpc) is 2.28. The van der Waals surface area contributed by atoms with E-state index in [9.17, 15) is 26.4 Å². The molecular weight excluding hydrogens is 344 g/mol. The van der Waals surface area contributed by atoms with Crippen LogP contribution in [-0.4, -0.2) is 78.5 Å². The van der Waals surface area contributed by atoms with Gasteiger partial charge in [-0.3, -0.25) is 23.6 Å². The highest BCUT2D eigenvalue weighted by atomic mass is 32.2. The van der Waals surface area contributed by atoms with Gasteiger partial charge in [-0.2, -0.15) is 16.8 Å². The number of carbonyl (C=O) groups excluding carboxylic acids is 1. The Labute approximate surface area is 127 Å². The molecule has 0 aromatic heterocycles. The highest BCUT2D eigenvalue weighted by Crippen LogP contribution is 2.09. The lowest BCUT2D eigenvalue weighted by Crippen LogP contribution is -2.46. The highest BCUT2D eigenvalue weighted by molar-refractivity contribution is 7.86. The second kappa shape index (κ2) is 8.38. The summed E-state index contributed by atoms with van der Waals surface area (Å²) in [6.07, 6.45) is -0.590. The molecule has 0 saturated heterocycles. The first-order valence-electron chi connectivity index (χ1n) is 5.97. The van der Waals surface area contributed by atoms with Gasteiger partial charge < -0.3 is 10.8 Å². The summed E-state index contributed by atoms with van der Waals surface area (Å²) < 4.78 is 60.3. The maximum Gasteiger partial charge on any atom is 0.320 e. The first kappa shape index (κ1) is 20.7. The Balaban J connectivity index is 5.10. The zero-order chi connectivity index (χ0) is 17.6. The number of carboxylic acids is 1. The SMILES string of the molecule is NC(=O)CC[C@@H](C(=O)O)N(CCS(=O)(=O)O)CCS(=O)(=O)O. The fourth-order valence-corrected chi connectivity index (χ4v) is 2.56. The van der Waals surface area contributed by atoms with Gasteiger partial charge in [-0.1, -0.05) is 0 Å². The van der Waals surface area contributed by atoms with Crippen molar-refractivity contribution in [2.75, 3.05) is 24.6 Å². The zero-order valence-corrected chi connectivity index (χ0v) is 13.1. The summed E-state index contributed by atoms with van der Waals surface area (Å²) in [5.74, 6) is -3.87. The van der Waals surface area contributed by atoms with Gasteiger partial charge in [-0.25, -0.2) is 0 Å². The third-order valence-corrected chi connectivity index (χ3v) is 4.06. The van der Waals surface area contributed by atoms with E-state index in [0.717, 1.165) is 4.90 Å². The van der Waals surface area contributed by atoms with Crippen LogP contribution in [0, 0.1) is 0 Å². The molecule has 0 fully saturated rings. The van der Waals surface area contributed by atoms with Crippen molar-refractivity contribution in [1.29, 1.82) is 0 Å². The largest absolute Gasteiger partial charge is 0.480 e. The van der Waals surface area contributed by atoms with E-state index in [4.69, 9.17) is 19.9 Å². The number of hydrogen-bond donors (Lipinski definition) is 4. The van der Waals surface area contributed by atoms with Gasteiger partial charge >= 0.3 is 5.97 Å². The minimum atomic E-state index is -4.40. The fraction of sp³-hybridized carbons (Fsp3) is 0.778. The Morgan fingerprint density at radius 2 is 1.41 bits per heavy atom. The van der Waals surface area contributed by atoms with Gasteiger partial charge in [-0.15, -0.1) is 0 Å². The minimum Gasteiger partial charge on any atom is -0.480 e. The number of aliphatic carboxylic acids is 1. The number of carboxylic acid groups (broad SMARTS) is 1. The van der Waals surface area contributed by atoms with E-state index < -0.39 is 62.7 Å². The van der Waals surface area contributed by atoms with Gasteiger partial charge in [0.25, 0.3) is 20.2 Å². The van der Waals surface area contributed by atoms with Crippen LogP contribution in [0.4, 0.5) is 0 Å². The maximum atomic E-state index is 11.2. The lowest BCUT2D eigenvalue weighted by Gasteiger charge is -2.27. The molecule has 0 aromatic carbocycles.